The summed E-state index contributed by atoms with van der Waals surface area (Å²) in [5.41, 5.74) is 2.22. The number of rotatable bonds is 7. The maximum Gasteiger partial charge on any atom is 0.212 e. The standard InChI is InChI=1S/C22H31N5O3/c1-23-22(25-15-17-5-8-21(30-4)24-14-17)27-11-9-26(10-12-27)16-18-13-19(28-2)6-7-20(18)29-3/h5-8,13-14H,9-12,15-16H2,1-4H3,(H,23,25). The van der Waals surface area contributed by atoms with Crippen molar-refractivity contribution in [1.82, 2.24) is 20.1 Å². The summed E-state index contributed by atoms with van der Waals surface area (Å²) in [6, 6.07) is 9.81. The summed E-state index contributed by atoms with van der Waals surface area (Å²) >= 11 is 0. The van der Waals surface area contributed by atoms with Crippen molar-refractivity contribution < 1.29 is 14.2 Å². The van der Waals surface area contributed by atoms with E-state index >= 15 is 0 Å². The van der Waals surface area contributed by atoms with Crippen molar-refractivity contribution >= 4 is 5.96 Å². The quantitative estimate of drug-likeness (QED) is 0.550. The number of guanidine groups is 1. The summed E-state index contributed by atoms with van der Waals surface area (Å²) in [7, 11) is 6.83. The fourth-order valence-corrected chi connectivity index (χ4v) is 3.51. The van der Waals surface area contributed by atoms with Gasteiger partial charge in [-0.15, -0.1) is 0 Å². The molecule has 1 aliphatic rings. The van der Waals surface area contributed by atoms with Crippen LogP contribution in [0, 0.1) is 0 Å². The van der Waals surface area contributed by atoms with E-state index in [9.17, 15) is 0 Å². The third-order valence-electron chi connectivity index (χ3n) is 5.22. The van der Waals surface area contributed by atoms with Gasteiger partial charge in [-0.1, -0.05) is 6.07 Å². The second kappa shape index (κ2) is 10.7. The minimum atomic E-state index is 0.618. The third kappa shape index (κ3) is 5.54. The summed E-state index contributed by atoms with van der Waals surface area (Å²) in [4.78, 5) is 13.4. The first-order valence-electron chi connectivity index (χ1n) is 10.0. The summed E-state index contributed by atoms with van der Waals surface area (Å²) in [5, 5.41) is 3.43. The van der Waals surface area contributed by atoms with Crippen molar-refractivity contribution in [2.45, 2.75) is 13.1 Å². The van der Waals surface area contributed by atoms with Gasteiger partial charge in [0.05, 0.1) is 21.3 Å². The van der Waals surface area contributed by atoms with Crippen LogP contribution in [0.1, 0.15) is 11.1 Å². The van der Waals surface area contributed by atoms with Gasteiger partial charge in [0.25, 0.3) is 0 Å². The average molecular weight is 414 g/mol. The second-order valence-electron chi connectivity index (χ2n) is 7.05. The molecule has 0 saturated carbocycles. The van der Waals surface area contributed by atoms with Gasteiger partial charge < -0.3 is 24.4 Å². The number of ether oxygens (including phenoxy) is 3. The maximum absolute atomic E-state index is 5.52. The Kier molecular flexibility index (Phi) is 7.73. The fourth-order valence-electron chi connectivity index (χ4n) is 3.51. The topological polar surface area (TPSA) is 71.5 Å². The van der Waals surface area contributed by atoms with Crippen molar-refractivity contribution in [1.29, 1.82) is 0 Å². The lowest BCUT2D eigenvalue weighted by atomic mass is 10.1. The average Bonchev–Trinajstić information content (AvgIpc) is 2.80. The SMILES string of the molecule is CN=C(NCc1ccc(OC)nc1)N1CCN(Cc2cc(OC)ccc2OC)CC1. The van der Waals surface area contributed by atoms with Crippen LogP contribution in [0.4, 0.5) is 0 Å². The summed E-state index contributed by atoms with van der Waals surface area (Å²) < 4.78 is 16.0. The number of hydrogen-bond donors (Lipinski definition) is 1. The van der Waals surface area contributed by atoms with Gasteiger partial charge in [-0.2, -0.15) is 0 Å². The highest BCUT2D eigenvalue weighted by atomic mass is 16.5. The fraction of sp³-hybridized carbons (Fsp3) is 0.455. The zero-order valence-electron chi connectivity index (χ0n) is 18.2. The van der Waals surface area contributed by atoms with Gasteiger partial charge >= 0.3 is 0 Å². The number of aliphatic imine (C=N–C) groups is 1. The van der Waals surface area contributed by atoms with E-state index in [1.807, 2.05) is 37.5 Å². The molecule has 2 aromatic rings. The number of aromatic nitrogens is 1. The van der Waals surface area contributed by atoms with E-state index in [-0.39, 0.29) is 0 Å². The lowest BCUT2D eigenvalue weighted by Crippen LogP contribution is -2.52. The molecule has 1 aromatic carbocycles. The molecule has 1 aliphatic heterocycles. The molecule has 0 atom stereocenters. The van der Waals surface area contributed by atoms with Crippen LogP contribution in [0.15, 0.2) is 41.5 Å². The van der Waals surface area contributed by atoms with Gasteiger partial charge in [-0.05, 0) is 23.8 Å². The van der Waals surface area contributed by atoms with E-state index in [0.717, 1.165) is 61.3 Å². The summed E-state index contributed by atoms with van der Waals surface area (Å²) in [5.74, 6) is 3.27. The largest absolute Gasteiger partial charge is 0.497 e. The highest BCUT2D eigenvalue weighted by Gasteiger charge is 2.20. The molecular formula is C22H31N5O3. The van der Waals surface area contributed by atoms with Crippen LogP contribution < -0.4 is 19.5 Å². The molecule has 3 rings (SSSR count). The van der Waals surface area contributed by atoms with E-state index in [1.165, 1.54) is 0 Å². The molecule has 0 aliphatic carbocycles. The van der Waals surface area contributed by atoms with Crippen molar-refractivity contribution in [3.8, 4) is 17.4 Å². The Morgan fingerprint density at radius 2 is 1.83 bits per heavy atom. The Morgan fingerprint density at radius 3 is 2.43 bits per heavy atom. The van der Waals surface area contributed by atoms with Crippen LogP contribution in [0.2, 0.25) is 0 Å². The number of nitrogens with one attached hydrogen (secondary N) is 1. The highest BCUT2D eigenvalue weighted by molar-refractivity contribution is 5.80. The molecule has 2 heterocycles. The van der Waals surface area contributed by atoms with E-state index < -0.39 is 0 Å². The predicted molar refractivity (Wildman–Crippen MR) is 117 cm³/mol. The summed E-state index contributed by atoms with van der Waals surface area (Å²) in [6.07, 6.45) is 1.82. The zero-order valence-corrected chi connectivity index (χ0v) is 18.2. The van der Waals surface area contributed by atoms with Crippen LogP contribution >= 0.6 is 0 Å². The predicted octanol–water partition coefficient (Wildman–Crippen LogP) is 2.00. The zero-order chi connectivity index (χ0) is 21.3. The van der Waals surface area contributed by atoms with Crippen molar-refractivity contribution in [2.24, 2.45) is 4.99 Å². The van der Waals surface area contributed by atoms with Crippen LogP contribution in [0.3, 0.4) is 0 Å². The molecule has 1 fully saturated rings. The van der Waals surface area contributed by atoms with Crippen molar-refractivity contribution in [2.75, 3.05) is 54.6 Å². The first kappa shape index (κ1) is 21.7. The molecule has 0 bridgehead atoms. The van der Waals surface area contributed by atoms with Gasteiger partial charge in [0.2, 0.25) is 5.88 Å². The van der Waals surface area contributed by atoms with E-state index in [1.54, 1.807) is 21.3 Å². The van der Waals surface area contributed by atoms with Crippen LogP contribution in [-0.4, -0.2) is 75.3 Å². The van der Waals surface area contributed by atoms with Crippen molar-refractivity contribution in [3.63, 3.8) is 0 Å². The molecule has 1 saturated heterocycles. The highest BCUT2D eigenvalue weighted by Crippen LogP contribution is 2.25. The monoisotopic (exact) mass is 413 g/mol. The minimum Gasteiger partial charge on any atom is -0.497 e. The number of benzene rings is 1. The summed E-state index contributed by atoms with van der Waals surface area (Å²) in [6.45, 7) is 5.22. The van der Waals surface area contributed by atoms with E-state index in [0.29, 0.717) is 12.4 Å². The van der Waals surface area contributed by atoms with Gasteiger partial charge in [-0.3, -0.25) is 9.89 Å². The van der Waals surface area contributed by atoms with Gasteiger partial charge in [0, 0.05) is 64.1 Å². The smallest absolute Gasteiger partial charge is 0.212 e. The molecule has 0 unspecified atom stereocenters. The lowest BCUT2D eigenvalue weighted by molar-refractivity contribution is 0.171. The Bertz CT molecular complexity index is 833. The Morgan fingerprint density at radius 1 is 1.03 bits per heavy atom. The number of nitrogens with zero attached hydrogens (tertiary/aromatic N) is 4. The van der Waals surface area contributed by atoms with Gasteiger partial charge in [0.15, 0.2) is 5.96 Å². The molecule has 8 heteroatoms. The first-order valence-corrected chi connectivity index (χ1v) is 10.0. The second-order valence-corrected chi connectivity index (χ2v) is 7.05. The molecule has 0 amide bonds. The molecule has 162 valence electrons. The first-order chi connectivity index (χ1) is 14.7. The number of piperazine rings is 1. The number of pyridine rings is 1. The Hall–Kier alpha value is -3.00. The number of hydrogen-bond acceptors (Lipinski definition) is 6. The molecule has 1 aromatic heterocycles. The van der Waals surface area contributed by atoms with Crippen LogP contribution in [0.5, 0.6) is 17.4 Å². The normalized spacial score (nSPS) is 15.1. The van der Waals surface area contributed by atoms with Crippen molar-refractivity contribution in [3.05, 3.63) is 47.7 Å². The van der Waals surface area contributed by atoms with Gasteiger partial charge in [-0.25, -0.2) is 4.98 Å². The third-order valence-corrected chi connectivity index (χ3v) is 5.22. The number of methoxy groups -OCH3 is 3. The molecule has 0 radical (unpaired) electrons. The van der Waals surface area contributed by atoms with Crippen LogP contribution in [0.25, 0.3) is 0 Å². The molecular weight excluding hydrogens is 382 g/mol. The molecule has 1 N–H and O–H groups in total. The Labute approximate surface area is 178 Å². The molecule has 0 spiro atoms. The van der Waals surface area contributed by atoms with Gasteiger partial charge in [0.1, 0.15) is 11.5 Å². The van der Waals surface area contributed by atoms with Crippen LogP contribution in [-0.2, 0) is 13.1 Å². The minimum absolute atomic E-state index is 0.618. The lowest BCUT2D eigenvalue weighted by Gasteiger charge is -2.36. The van der Waals surface area contributed by atoms with E-state index in [4.69, 9.17) is 14.2 Å². The maximum atomic E-state index is 5.52. The Balaban J connectivity index is 1.52. The molecule has 8 nitrogen and oxygen atoms in total. The van der Waals surface area contributed by atoms with E-state index in [2.05, 4.69) is 31.2 Å². The molecule has 30 heavy (non-hydrogen) atoms.